The monoisotopic (exact) mass is 545 g/mol. The fraction of sp³-hybridized carbons (Fsp3) is 0.167. The maximum atomic E-state index is 12.6. The molecule has 0 saturated carbocycles. The van der Waals surface area contributed by atoms with Crippen molar-refractivity contribution >= 4 is 57.3 Å². The van der Waals surface area contributed by atoms with Crippen LogP contribution in [0.3, 0.4) is 0 Å². The number of halogens is 2. The Kier molecular flexibility index (Phi) is 8.46. The van der Waals surface area contributed by atoms with E-state index in [0.717, 1.165) is 21.8 Å². The van der Waals surface area contributed by atoms with Crippen molar-refractivity contribution in [3.05, 3.63) is 81.8 Å². The normalized spacial score (nSPS) is 10.8. The summed E-state index contributed by atoms with van der Waals surface area (Å²) in [6, 6.07) is 13.0. The highest BCUT2D eigenvalue weighted by Crippen LogP contribution is 2.28. The molecule has 2 aromatic carbocycles. The molecule has 0 bridgehead atoms. The van der Waals surface area contributed by atoms with Gasteiger partial charge in [0.2, 0.25) is 5.91 Å². The van der Waals surface area contributed by atoms with E-state index in [2.05, 4.69) is 27.1 Å². The first-order chi connectivity index (χ1) is 17.0. The molecular weight excluding hydrogens is 525 g/mol. The minimum absolute atomic E-state index is 0.163. The fourth-order valence-corrected chi connectivity index (χ4v) is 5.30. The molecule has 0 saturated heterocycles. The van der Waals surface area contributed by atoms with Crippen molar-refractivity contribution in [1.29, 1.82) is 0 Å². The molecule has 35 heavy (non-hydrogen) atoms. The largest absolute Gasteiger partial charge is 0.497 e. The second kappa shape index (κ2) is 11.7. The van der Waals surface area contributed by atoms with Gasteiger partial charge in [-0.05, 0) is 42.0 Å². The highest BCUT2D eigenvalue weighted by molar-refractivity contribution is 7.99. The SMILES string of the molecule is C=CCn1c(SCC(=O)Nc2ncc(Cc3ccc(Cl)cc3Cl)s2)nnc1-c1ccc(OC)cc1. The van der Waals surface area contributed by atoms with Crippen molar-refractivity contribution in [2.45, 2.75) is 18.1 Å². The Bertz CT molecular complexity index is 1340. The first-order valence-electron chi connectivity index (χ1n) is 10.5. The molecule has 4 aromatic rings. The van der Waals surface area contributed by atoms with Gasteiger partial charge in [-0.15, -0.1) is 28.1 Å². The van der Waals surface area contributed by atoms with Crippen LogP contribution in [-0.4, -0.2) is 38.5 Å². The Morgan fingerprint density at radius 3 is 2.74 bits per heavy atom. The Balaban J connectivity index is 1.38. The molecule has 180 valence electrons. The molecule has 0 atom stereocenters. The van der Waals surface area contributed by atoms with E-state index in [1.54, 1.807) is 31.5 Å². The van der Waals surface area contributed by atoms with E-state index in [-0.39, 0.29) is 11.7 Å². The van der Waals surface area contributed by atoms with Crippen LogP contribution >= 0.6 is 46.3 Å². The quantitative estimate of drug-likeness (QED) is 0.188. The van der Waals surface area contributed by atoms with Gasteiger partial charge in [0, 0.05) is 39.6 Å². The number of methoxy groups -OCH3 is 1. The number of allylic oxidation sites excluding steroid dienone is 1. The van der Waals surface area contributed by atoms with E-state index in [4.69, 9.17) is 27.9 Å². The number of thioether (sulfide) groups is 1. The topological polar surface area (TPSA) is 81.9 Å². The lowest BCUT2D eigenvalue weighted by molar-refractivity contribution is -0.113. The zero-order chi connectivity index (χ0) is 24.8. The van der Waals surface area contributed by atoms with Gasteiger partial charge in [-0.25, -0.2) is 4.98 Å². The number of ether oxygens (including phenoxy) is 1. The molecule has 0 radical (unpaired) electrons. The summed E-state index contributed by atoms with van der Waals surface area (Å²) in [7, 11) is 1.62. The smallest absolute Gasteiger partial charge is 0.236 e. The van der Waals surface area contributed by atoms with Crippen LogP contribution in [-0.2, 0) is 17.8 Å². The van der Waals surface area contributed by atoms with Crippen molar-refractivity contribution in [2.75, 3.05) is 18.2 Å². The predicted octanol–water partition coefficient (Wildman–Crippen LogP) is 6.22. The summed E-state index contributed by atoms with van der Waals surface area (Å²) in [4.78, 5) is 17.9. The predicted molar refractivity (Wildman–Crippen MR) is 143 cm³/mol. The number of nitrogens with one attached hydrogen (secondary N) is 1. The van der Waals surface area contributed by atoms with E-state index in [1.807, 2.05) is 34.9 Å². The number of aromatic nitrogens is 4. The molecule has 4 rings (SSSR count). The van der Waals surface area contributed by atoms with Gasteiger partial charge in [-0.3, -0.25) is 9.36 Å². The zero-order valence-corrected chi connectivity index (χ0v) is 21.8. The summed E-state index contributed by atoms with van der Waals surface area (Å²) in [6.45, 7) is 4.34. The van der Waals surface area contributed by atoms with Crippen molar-refractivity contribution in [1.82, 2.24) is 19.7 Å². The van der Waals surface area contributed by atoms with Crippen LogP contribution in [0.2, 0.25) is 10.0 Å². The molecule has 7 nitrogen and oxygen atoms in total. The summed E-state index contributed by atoms with van der Waals surface area (Å²) in [5, 5.41) is 13.8. The van der Waals surface area contributed by atoms with E-state index in [0.29, 0.717) is 39.1 Å². The van der Waals surface area contributed by atoms with E-state index >= 15 is 0 Å². The lowest BCUT2D eigenvalue weighted by Crippen LogP contribution is -2.14. The minimum atomic E-state index is -0.181. The van der Waals surface area contributed by atoms with Gasteiger partial charge < -0.3 is 10.1 Å². The average Bonchev–Trinajstić information content (AvgIpc) is 3.46. The van der Waals surface area contributed by atoms with Crippen LogP contribution in [0.25, 0.3) is 11.4 Å². The summed E-state index contributed by atoms with van der Waals surface area (Å²) in [5.41, 5.74) is 1.84. The number of benzene rings is 2. The second-order valence-electron chi connectivity index (χ2n) is 7.32. The van der Waals surface area contributed by atoms with Crippen LogP contribution in [0.1, 0.15) is 10.4 Å². The van der Waals surface area contributed by atoms with Crippen LogP contribution < -0.4 is 10.1 Å². The number of nitrogens with zero attached hydrogens (tertiary/aromatic N) is 4. The van der Waals surface area contributed by atoms with Gasteiger partial charge in [-0.2, -0.15) is 0 Å². The van der Waals surface area contributed by atoms with E-state index in [9.17, 15) is 4.79 Å². The molecule has 1 amide bonds. The molecule has 0 fully saturated rings. The molecule has 2 heterocycles. The van der Waals surface area contributed by atoms with E-state index < -0.39 is 0 Å². The summed E-state index contributed by atoms with van der Waals surface area (Å²) in [6.07, 6.45) is 4.11. The molecular formula is C24H21Cl2N5O2S2. The molecule has 0 aliphatic rings. The van der Waals surface area contributed by atoms with Gasteiger partial charge in [-0.1, -0.05) is 47.1 Å². The van der Waals surface area contributed by atoms with Crippen LogP contribution in [0.15, 0.2) is 66.5 Å². The van der Waals surface area contributed by atoms with Gasteiger partial charge in [0.1, 0.15) is 5.75 Å². The van der Waals surface area contributed by atoms with Gasteiger partial charge in [0.15, 0.2) is 16.1 Å². The number of anilines is 1. The van der Waals surface area contributed by atoms with Crippen LogP contribution in [0.4, 0.5) is 5.13 Å². The highest BCUT2D eigenvalue weighted by atomic mass is 35.5. The highest BCUT2D eigenvalue weighted by Gasteiger charge is 2.16. The summed E-state index contributed by atoms with van der Waals surface area (Å²) >= 11 is 14.9. The summed E-state index contributed by atoms with van der Waals surface area (Å²) in [5.74, 6) is 1.44. The number of thiazole rings is 1. The number of carbonyl (C=O) groups is 1. The van der Waals surface area contributed by atoms with Crippen LogP contribution in [0, 0.1) is 0 Å². The van der Waals surface area contributed by atoms with Gasteiger partial charge in [0.05, 0.1) is 12.9 Å². The first kappa shape index (κ1) is 25.2. The third kappa shape index (κ3) is 6.43. The van der Waals surface area contributed by atoms with Crippen LogP contribution in [0.5, 0.6) is 5.75 Å². The van der Waals surface area contributed by atoms with Gasteiger partial charge >= 0.3 is 0 Å². The summed E-state index contributed by atoms with van der Waals surface area (Å²) < 4.78 is 7.14. The zero-order valence-electron chi connectivity index (χ0n) is 18.7. The number of carbonyl (C=O) groups excluding carboxylic acids is 1. The maximum absolute atomic E-state index is 12.6. The van der Waals surface area contributed by atoms with Crippen molar-refractivity contribution in [3.8, 4) is 17.1 Å². The van der Waals surface area contributed by atoms with Crippen molar-refractivity contribution in [2.24, 2.45) is 0 Å². The molecule has 0 unspecified atom stereocenters. The number of amides is 1. The Labute approximate surface area is 221 Å². The molecule has 11 heteroatoms. The second-order valence-corrected chi connectivity index (χ2v) is 10.2. The molecule has 0 spiro atoms. The number of hydrogen-bond donors (Lipinski definition) is 1. The average molecular weight is 547 g/mol. The van der Waals surface area contributed by atoms with Crippen molar-refractivity contribution in [3.63, 3.8) is 0 Å². The Morgan fingerprint density at radius 1 is 1.23 bits per heavy atom. The van der Waals surface area contributed by atoms with Crippen molar-refractivity contribution < 1.29 is 9.53 Å². The number of hydrogen-bond acceptors (Lipinski definition) is 7. The number of rotatable bonds is 10. The third-order valence-corrected chi connectivity index (χ3v) is 7.36. The standard InChI is InChI=1S/C24H21Cl2N5O2S2/c1-3-10-31-22(15-5-8-18(33-2)9-6-15)29-30-24(31)34-14-21(32)28-23-27-13-19(35-23)11-16-4-7-17(25)12-20(16)26/h3-9,12-13H,1,10-11,14H2,2H3,(H,27,28,32). The maximum Gasteiger partial charge on any atom is 0.236 e. The Hall–Kier alpha value is -2.85. The molecule has 1 N–H and O–H groups in total. The fourth-order valence-electron chi connectivity index (χ4n) is 3.23. The first-order valence-corrected chi connectivity index (χ1v) is 13.0. The van der Waals surface area contributed by atoms with E-state index in [1.165, 1.54) is 23.1 Å². The van der Waals surface area contributed by atoms with Gasteiger partial charge in [0.25, 0.3) is 0 Å². The lowest BCUT2D eigenvalue weighted by atomic mass is 10.1. The lowest BCUT2D eigenvalue weighted by Gasteiger charge is -2.08. The molecule has 2 aromatic heterocycles. The third-order valence-electron chi connectivity index (χ3n) is 4.89. The Morgan fingerprint density at radius 2 is 2.03 bits per heavy atom. The molecule has 0 aliphatic carbocycles. The molecule has 0 aliphatic heterocycles. The minimum Gasteiger partial charge on any atom is -0.497 e.